The molecule has 18 heavy (non-hydrogen) atoms. The molecule has 0 saturated carbocycles. The number of likely N-dealkylation sites (tertiary alicyclic amines) is 1. The Bertz CT molecular complexity index is 474. The average Bonchev–Trinajstić information content (AvgIpc) is 2.77. The highest BCUT2D eigenvalue weighted by Gasteiger charge is 2.20. The summed E-state index contributed by atoms with van der Waals surface area (Å²) in [5.74, 6) is 0. The summed E-state index contributed by atoms with van der Waals surface area (Å²) in [7, 11) is 2.12. The second-order valence-corrected chi connectivity index (χ2v) is 5.03. The molecule has 2 rings (SSSR count). The van der Waals surface area contributed by atoms with Crippen LogP contribution in [0.15, 0.2) is 11.0 Å². The molecule has 0 radical (unpaired) electrons. The van der Waals surface area contributed by atoms with Gasteiger partial charge in [-0.2, -0.15) is 5.10 Å². The first-order valence-electron chi connectivity index (χ1n) is 6.33. The fraction of sp³-hybridized carbons (Fsp3) is 0.667. The normalized spacial score (nSPS) is 20.3. The third-order valence-electron chi connectivity index (χ3n) is 3.48. The molecule has 0 amide bonds. The van der Waals surface area contributed by atoms with Crippen LogP contribution in [0.1, 0.15) is 19.8 Å². The molecule has 1 aromatic rings. The Labute approximate surface area is 112 Å². The number of aromatic nitrogens is 2. The first kappa shape index (κ1) is 13.4. The summed E-state index contributed by atoms with van der Waals surface area (Å²) in [6.45, 7) is 4.33. The summed E-state index contributed by atoms with van der Waals surface area (Å²) in [5, 5.41) is 7.52. The maximum atomic E-state index is 11.8. The smallest absolute Gasteiger partial charge is 0.287 e. The number of hydrogen-bond acceptors (Lipinski definition) is 4. The summed E-state index contributed by atoms with van der Waals surface area (Å²) < 4.78 is 1.36. The molecule has 1 unspecified atom stereocenters. The topological polar surface area (TPSA) is 50.2 Å². The molecule has 0 aromatic carbocycles. The Hall–Kier alpha value is -1.07. The number of rotatable bonds is 4. The van der Waals surface area contributed by atoms with Gasteiger partial charge in [-0.25, -0.2) is 4.68 Å². The average molecular weight is 271 g/mol. The lowest BCUT2D eigenvalue weighted by molar-refractivity contribution is 0.322. The molecule has 6 heteroatoms. The van der Waals surface area contributed by atoms with Gasteiger partial charge in [0.2, 0.25) is 0 Å². The second-order valence-electron chi connectivity index (χ2n) is 4.65. The van der Waals surface area contributed by atoms with Crippen LogP contribution in [0.3, 0.4) is 0 Å². The number of likely N-dealkylation sites (N-methyl/N-ethyl adjacent to an activating group) is 1. The van der Waals surface area contributed by atoms with Crippen molar-refractivity contribution in [3.63, 3.8) is 0 Å². The van der Waals surface area contributed by atoms with Gasteiger partial charge in [-0.15, -0.1) is 0 Å². The van der Waals surface area contributed by atoms with Crippen molar-refractivity contribution in [1.82, 2.24) is 14.7 Å². The van der Waals surface area contributed by atoms with E-state index in [-0.39, 0.29) is 10.6 Å². The van der Waals surface area contributed by atoms with Gasteiger partial charge in [-0.1, -0.05) is 11.6 Å². The zero-order chi connectivity index (χ0) is 13.1. The maximum absolute atomic E-state index is 11.8. The largest absolute Gasteiger partial charge is 0.381 e. The number of aryl methyl sites for hydroxylation is 1. The fourth-order valence-electron chi connectivity index (χ4n) is 2.28. The standard InChI is InChI=1S/C12H19ClN4O/c1-3-17-12(18)11(13)10(8-15-17)14-7-9-5-4-6-16(9)2/h8-9,14H,3-7H2,1-2H3. The van der Waals surface area contributed by atoms with Crippen molar-refractivity contribution in [2.24, 2.45) is 0 Å². The molecule has 1 fully saturated rings. The minimum atomic E-state index is -0.232. The van der Waals surface area contributed by atoms with Crippen molar-refractivity contribution >= 4 is 17.3 Å². The first-order valence-corrected chi connectivity index (χ1v) is 6.71. The van der Waals surface area contributed by atoms with Crippen LogP contribution in [0.5, 0.6) is 0 Å². The SMILES string of the molecule is CCn1ncc(NCC2CCCN2C)c(Cl)c1=O. The van der Waals surface area contributed by atoms with Crippen LogP contribution in [0.4, 0.5) is 5.69 Å². The van der Waals surface area contributed by atoms with E-state index < -0.39 is 0 Å². The molecule has 0 spiro atoms. The Morgan fingerprint density at radius 2 is 2.39 bits per heavy atom. The molecular formula is C12H19ClN4O. The van der Waals surface area contributed by atoms with E-state index in [9.17, 15) is 4.79 Å². The molecule has 1 aliphatic heterocycles. The maximum Gasteiger partial charge on any atom is 0.287 e. The Kier molecular flexibility index (Phi) is 4.24. The summed E-state index contributed by atoms with van der Waals surface area (Å²) in [4.78, 5) is 14.1. The van der Waals surface area contributed by atoms with Crippen LogP contribution in [-0.4, -0.2) is 40.9 Å². The predicted molar refractivity (Wildman–Crippen MR) is 73.3 cm³/mol. The van der Waals surface area contributed by atoms with E-state index >= 15 is 0 Å². The van der Waals surface area contributed by atoms with Crippen LogP contribution in [0, 0.1) is 0 Å². The summed E-state index contributed by atoms with van der Waals surface area (Å²) in [6, 6.07) is 0.509. The van der Waals surface area contributed by atoms with Crippen LogP contribution in [0.25, 0.3) is 0 Å². The van der Waals surface area contributed by atoms with Gasteiger partial charge in [-0.05, 0) is 33.4 Å². The molecule has 1 aromatic heterocycles. The summed E-state index contributed by atoms with van der Waals surface area (Å²) in [6.07, 6.45) is 4.04. The van der Waals surface area contributed by atoms with E-state index in [0.29, 0.717) is 18.3 Å². The lowest BCUT2D eigenvalue weighted by Gasteiger charge is -2.20. The summed E-state index contributed by atoms with van der Waals surface area (Å²) >= 11 is 6.05. The van der Waals surface area contributed by atoms with Gasteiger partial charge in [0.25, 0.3) is 5.56 Å². The van der Waals surface area contributed by atoms with Gasteiger partial charge in [-0.3, -0.25) is 4.79 Å². The minimum Gasteiger partial charge on any atom is -0.381 e. The molecule has 1 aliphatic rings. The van der Waals surface area contributed by atoms with Crippen molar-refractivity contribution in [2.75, 3.05) is 25.5 Å². The Morgan fingerprint density at radius 3 is 3.00 bits per heavy atom. The number of nitrogens with one attached hydrogen (secondary N) is 1. The zero-order valence-corrected chi connectivity index (χ0v) is 11.6. The number of halogens is 1. The quantitative estimate of drug-likeness (QED) is 0.899. The van der Waals surface area contributed by atoms with Crippen LogP contribution in [-0.2, 0) is 6.54 Å². The molecule has 0 aliphatic carbocycles. The third kappa shape index (κ3) is 2.67. The highest BCUT2D eigenvalue weighted by molar-refractivity contribution is 6.32. The molecule has 100 valence electrons. The van der Waals surface area contributed by atoms with Gasteiger partial charge in [0.05, 0.1) is 11.9 Å². The van der Waals surface area contributed by atoms with E-state index in [0.717, 1.165) is 13.1 Å². The summed E-state index contributed by atoms with van der Waals surface area (Å²) in [5.41, 5.74) is 0.399. The number of anilines is 1. The minimum absolute atomic E-state index is 0.229. The molecule has 1 N–H and O–H groups in total. The Balaban J connectivity index is 2.06. The molecule has 0 bridgehead atoms. The second kappa shape index (κ2) is 5.71. The first-order chi connectivity index (χ1) is 8.63. The van der Waals surface area contributed by atoms with Gasteiger partial charge in [0.1, 0.15) is 5.02 Å². The molecule has 1 atom stereocenters. The molecule has 2 heterocycles. The molecule has 1 saturated heterocycles. The number of nitrogens with zero attached hydrogens (tertiary/aromatic N) is 3. The monoisotopic (exact) mass is 270 g/mol. The van der Waals surface area contributed by atoms with Crippen molar-refractivity contribution in [3.05, 3.63) is 21.6 Å². The van der Waals surface area contributed by atoms with Crippen molar-refractivity contribution < 1.29 is 0 Å². The number of hydrogen-bond donors (Lipinski definition) is 1. The van der Waals surface area contributed by atoms with E-state index in [1.807, 2.05) is 6.92 Å². The Morgan fingerprint density at radius 1 is 1.61 bits per heavy atom. The van der Waals surface area contributed by atoms with Crippen LogP contribution >= 0.6 is 11.6 Å². The highest BCUT2D eigenvalue weighted by atomic mass is 35.5. The van der Waals surface area contributed by atoms with E-state index in [4.69, 9.17) is 11.6 Å². The highest BCUT2D eigenvalue weighted by Crippen LogP contribution is 2.18. The van der Waals surface area contributed by atoms with Gasteiger partial charge in [0, 0.05) is 19.1 Å². The lowest BCUT2D eigenvalue weighted by Crippen LogP contribution is -2.32. The molecular weight excluding hydrogens is 252 g/mol. The molecule has 5 nitrogen and oxygen atoms in total. The van der Waals surface area contributed by atoms with Gasteiger partial charge >= 0.3 is 0 Å². The fourth-order valence-corrected chi connectivity index (χ4v) is 2.49. The van der Waals surface area contributed by atoms with E-state index in [1.165, 1.54) is 17.5 Å². The van der Waals surface area contributed by atoms with Crippen molar-refractivity contribution in [1.29, 1.82) is 0 Å². The third-order valence-corrected chi connectivity index (χ3v) is 3.85. The van der Waals surface area contributed by atoms with Crippen LogP contribution in [0.2, 0.25) is 5.02 Å². The van der Waals surface area contributed by atoms with E-state index in [1.54, 1.807) is 6.20 Å². The van der Waals surface area contributed by atoms with Crippen molar-refractivity contribution in [2.45, 2.75) is 32.4 Å². The van der Waals surface area contributed by atoms with Crippen LogP contribution < -0.4 is 10.9 Å². The van der Waals surface area contributed by atoms with E-state index in [2.05, 4.69) is 22.4 Å². The van der Waals surface area contributed by atoms with Crippen molar-refractivity contribution in [3.8, 4) is 0 Å². The lowest BCUT2D eigenvalue weighted by atomic mass is 10.2. The van der Waals surface area contributed by atoms with Gasteiger partial charge in [0.15, 0.2) is 0 Å². The predicted octanol–water partition coefficient (Wildman–Crippen LogP) is 1.42. The zero-order valence-electron chi connectivity index (χ0n) is 10.8. The van der Waals surface area contributed by atoms with Gasteiger partial charge < -0.3 is 10.2 Å².